The summed E-state index contributed by atoms with van der Waals surface area (Å²) in [5.41, 5.74) is 1.62. The van der Waals surface area contributed by atoms with Crippen molar-refractivity contribution in [2.24, 2.45) is 5.41 Å². The number of rotatable bonds is 5. The van der Waals surface area contributed by atoms with Crippen LogP contribution in [0.2, 0.25) is 0 Å². The lowest BCUT2D eigenvalue weighted by molar-refractivity contribution is 0.0887. The molecule has 0 atom stereocenters. The summed E-state index contributed by atoms with van der Waals surface area (Å²) in [4.78, 5) is 18.7. The SMILES string of the molecule is CCNc1ccc(C(=O)NCC2(C)CCN(C)CC2)nc1. The molecule has 0 aliphatic carbocycles. The topological polar surface area (TPSA) is 57.3 Å². The molecule has 1 aliphatic heterocycles. The standard InChI is InChI=1S/C16H26N4O/c1-4-17-13-5-6-14(18-11-13)15(21)19-12-16(2)7-9-20(3)10-8-16/h5-6,11,17H,4,7-10,12H2,1-3H3,(H,19,21). The Morgan fingerprint density at radius 1 is 1.38 bits per heavy atom. The minimum absolute atomic E-state index is 0.0850. The van der Waals surface area contributed by atoms with E-state index in [2.05, 4.69) is 34.5 Å². The molecular weight excluding hydrogens is 264 g/mol. The van der Waals surface area contributed by atoms with Gasteiger partial charge in [-0.15, -0.1) is 0 Å². The van der Waals surface area contributed by atoms with E-state index in [0.29, 0.717) is 5.69 Å². The molecule has 5 nitrogen and oxygen atoms in total. The number of likely N-dealkylation sites (tertiary alicyclic amines) is 1. The smallest absolute Gasteiger partial charge is 0.269 e. The monoisotopic (exact) mass is 290 g/mol. The van der Waals surface area contributed by atoms with Crippen molar-refractivity contribution in [3.05, 3.63) is 24.0 Å². The van der Waals surface area contributed by atoms with Crippen LogP contribution in [0.25, 0.3) is 0 Å². The fourth-order valence-electron chi connectivity index (χ4n) is 2.56. The van der Waals surface area contributed by atoms with Gasteiger partial charge in [-0.05, 0) is 57.5 Å². The number of piperidine rings is 1. The molecule has 0 spiro atoms. The van der Waals surface area contributed by atoms with Gasteiger partial charge in [0.2, 0.25) is 0 Å². The van der Waals surface area contributed by atoms with Crippen molar-refractivity contribution < 1.29 is 4.79 Å². The van der Waals surface area contributed by atoms with Crippen molar-refractivity contribution in [3.63, 3.8) is 0 Å². The summed E-state index contributed by atoms with van der Waals surface area (Å²) < 4.78 is 0. The highest BCUT2D eigenvalue weighted by molar-refractivity contribution is 5.92. The van der Waals surface area contributed by atoms with Gasteiger partial charge >= 0.3 is 0 Å². The second-order valence-electron chi connectivity index (χ2n) is 6.26. The zero-order chi connectivity index (χ0) is 15.3. The van der Waals surface area contributed by atoms with Crippen molar-refractivity contribution in [1.82, 2.24) is 15.2 Å². The predicted octanol–water partition coefficient (Wildman–Crippen LogP) is 1.98. The fraction of sp³-hybridized carbons (Fsp3) is 0.625. The van der Waals surface area contributed by atoms with E-state index < -0.39 is 0 Å². The van der Waals surface area contributed by atoms with E-state index in [0.717, 1.165) is 44.7 Å². The van der Waals surface area contributed by atoms with Gasteiger partial charge in [-0.25, -0.2) is 4.98 Å². The number of carbonyl (C=O) groups is 1. The third kappa shape index (κ3) is 4.43. The number of anilines is 1. The molecule has 1 aliphatic rings. The lowest BCUT2D eigenvalue weighted by atomic mass is 9.80. The van der Waals surface area contributed by atoms with E-state index in [4.69, 9.17) is 0 Å². The largest absolute Gasteiger partial charge is 0.384 e. The van der Waals surface area contributed by atoms with Gasteiger partial charge in [0.1, 0.15) is 5.69 Å². The number of amides is 1. The van der Waals surface area contributed by atoms with Crippen LogP contribution in [-0.2, 0) is 0 Å². The molecular formula is C16H26N4O. The van der Waals surface area contributed by atoms with E-state index >= 15 is 0 Å². The van der Waals surface area contributed by atoms with Crippen LogP contribution in [-0.4, -0.2) is 49.0 Å². The summed E-state index contributed by atoms with van der Waals surface area (Å²) in [6.45, 7) is 8.05. The molecule has 1 saturated heterocycles. The molecule has 5 heteroatoms. The van der Waals surface area contributed by atoms with E-state index in [9.17, 15) is 4.79 Å². The second kappa shape index (κ2) is 6.89. The van der Waals surface area contributed by atoms with Gasteiger partial charge in [-0.3, -0.25) is 4.79 Å². The van der Waals surface area contributed by atoms with Gasteiger partial charge in [-0.2, -0.15) is 0 Å². The molecule has 1 fully saturated rings. The Bertz CT molecular complexity index is 464. The van der Waals surface area contributed by atoms with E-state index in [1.54, 1.807) is 12.3 Å². The summed E-state index contributed by atoms with van der Waals surface area (Å²) in [7, 11) is 2.15. The molecule has 0 unspecified atom stereocenters. The highest BCUT2D eigenvalue weighted by Crippen LogP contribution is 2.29. The molecule has 0 bridgehead atoms. The molecule has 2 rings (SSSR count). The molecule has 2 heterocycles. The van der Waals surface area contributed by atoms with Crippen LogP contribution in [0.5, 0.6) is 0 Å². The minimum atomic E-state index is -0.0850. The first-order valence-corrected chi connectivity index (χ1v) is 7.69. The zero-order valence-corrected chi connectivity index (χ0v) is 13.3. The summed E-state index contributed by atoms with van der Waals surface area (Å²) in [6.07, 6.45) is 3.95. The first-order chi connectivity index (χ1) is 10.0. The van der Waals surface area contributed by atoms with Crippen molar-refractivity contribution in [2.45, 2.75) is 26.7 Å². The number of carbonyl (C=O) groups excluding carboxylic acids is 1. The van der Waals surface area contributed by atoms with E-state index in [1.165, 1.54) is 0 Å². The Balaban J connectivity index is 1.86. The summed E-state index contributed by atoms with van der Waals surface area (Å²) in [6, 6.07) is 3.66. The van der Waals surface area contributed by atoms with Crippen LogP contribution in [0.15, 0.2) is 18.3 Å². The molecule has 2 N–H and O–H groups in total. The van der Waals surface area contributed by atoms with Gasteiger partial charge in [0.05, 0.1) is 11.9 Å². The Hall–Kier alpha value is -1.62. The lowest BCUT2D eigenvalue weighted by Gasteiger charge is -2.37. The molecule has 21 heavy (non-hydrogen) atoms. The molecule has 1 amide bonds. The van der Waals surface area contributed by atoms with Crippen molar-refractivity contribution >= 4 is 11.6 Å². The highest BCUT2D eigenvalue weighted by Gasteiger charge is 2.29. The average molecular weight is 290 g/mol. The first-order valence-electron chi connectivity index (χ1n) is 7.69. The molecule has 116 valence electrons. The Morgan fingerprint density at radius 3 is 2.67 bits per heavy atom. The molecule has 0 saturated carbocycles. The minimum Gasteiger partial charge on any atom is -0.384 e. The third-order valence-electron chi connectivity index (χ3n) is 4.25. The fourth-order valence-corrected chi connectivity index (χ4v) is 2.56. The highest BCUT2D eigenvalue weighted by atomic mass is 16.1. The van der Waals surface area contributed by atoms with Crippen LogP contribution in [0.1, 0.15) is 37.2 Å². The van der Waals surface area contributed by atoms with Crippen molar-refractivity contribution in [3.8, 4) is 0 Å². The number of aromatic nitrogens is 1. The van der Waals surface area contributed by atoms with Gasteiger partial charge in [0.25, 0.3) is 5.91 Å². The number of pyridine rings is 1. The second-order valence-corrected chi connectivity index (χ2v) is 6.26. The Kier molecular flexibility index (Phi) is 5.17. The summed E-state index contributed by atoms with van der Waals surface area (Å²) >= 11 is 0. The number of nitrogens with zero attached hydrogens (tertiary/aromatic N) is 2. The maximum Gasteiger partial charge on any atom is 0.269 e. The van der Waals surface area contributed by atoms with Gasteiger partial charge in [-0.1, -0.05) is 6.92 Å². The Morgan fingerprint density at radius 2 is 2.10 bits per heavy atom. The quantitative estimate of drug-likeness (QED) is 0.870. The average Bonchev–Trinajstić information content (AvgIpc) is 2.49. The van der Waals surface area contributed by atoms with Gasteiger partial charge in [0, 0.05) is 13.1 Å². The molecule has 1 aromatic heterocycles. The van der Waals surface area contributed by atoms with Crippen LogP contribution in [0.4, 0.5) is 5.69 Å². The first kappa shape index (κ1) is 15.8. The van der Waals surface area contributed by atoms with Crippen molar-refractivity contribution in [1.29, 1.82) is 0 Å². The molecule has 1 aromatic rings. The number of nitrogens with one attached hydrogen (secondary N) is 2. The normalized spacial score (nSPS) is 18.2. The molecule has 0 aromatic carbocycles. The van der Waals surface area contributed by atoms with E-state index in [1.807, 2.05) is 13.0 Å². The number of hydrogen-bond acceptors (Lipinski definition) is 4. The third-order valence-corrected chi connectivity index (χ3v) is 4.25. The zero-order valence-electron chi connectivity index (χ0n) is 13.3. The van der Waals surface area contributed by atoms with E-state index in [-0.39, 0.29) is 11.3 Å². The van der Waals surface area contributed by atoms with Crippen LogP contribution in [0.3, 0.4) is 0 Å². The Labute approximate surface area is 127 Å². The van der Waals surface area contributed by atoms with Crippen molar-refractivity contribution in [2.75, 3.05) is 38.5 Å². The maximum absolute atomic E-state index is 12.2. The van der Waals surface area contributed by atoms with Crippen LogP contribution < -0.4 is 10.6 Å². The van der Waals surface area contributed by atoms with Crippen LogP contribution in [0, 0.1) is 5.41 Å². The summed E-state index contributed by atoms with van der Waals surface area (Å²) in [5, 5.41) is 6.20. The molecule has 0 radical (unpaired) electrons. The summed E-state index contributed by atoms with van der Waals surface area (Å²) in [5.74, 6) is -0.0850. The maximum atomic E-state index is 12.2. The predicted molar refractivity (Wildman–Crippen MR) is 85.6 cm³/mol. The van der Waals surface area contributed by atoms with Crippen LogP contribution >= 0.6 is 0 Å². The lowest BCUT2D eigenvalue weighted by Crippen LogP contribution is -2.43. The van der Waals surface area contributed by atoms with Gasteiger partial charge < -0.3 is 15.5 Å². The number of hydrogen-bond donors (Lipinski definition) is 2. The van der Waals surface area contributed by atoms with Gasteiger partial charge in [0.15, 0.2) is 0 Å².